The van der Waals surface area contributed by atoms with Gasteiger partial charge in [0.05, 0.1) is 35.2 Å². The van der Waals surface area contributed by atoms with Crippen molar-refractivity contribution in [3.05, 3.63) is 81.8 Å². The molecule has 0 unspecified atom stereocenters. The molecule has 0 aromatic heterocycles. The van der Waals surface area contributed by atoms with Gasteiger partial charge in [-0.05, 0) is 54.1 Å². The number of nitrogens with zero attached hydrogens (tertiary/aromatic N) is 1. The van der Waals surface area contributed by atoms with E-state index in [9.17, 15) is 18.0 Å². The number of carbonyl (C=O) groups is 2. The average molecular weight is 608 g/mol. The number of halogens is 2. The van der Waals surface area contributed by atoms with Crippen molar-refractivity contribution in [2.75, 3.05) is 44.1 Å². The number of anilines is 1. The SMILES string of the molecule is NC(=O)c1ccc(S(=O)(=O)Nc2ccccc2Oc2ccc(Cl)cc2Cl)c(CC(=O)NCCN2CCOCC2)c1. The molecule has 4 N–H and O–H groups in total. The van der Waals surface area contributed by atoms with E-state index in [4.69, 9.17) is 38.4 Å². The van der Waals surface area contributed by atoms with E-state index < -0.39 is 21.8 Å². The minimum absolute atomic E-state index is 0.0798. The van der Waals surface area contributed by atoms with Crippen molar-refractivity contribution in [2.24, 2.45) is 5.73 Å². The first kappa shape index (κ1) is 29.6. The van der Waals surface area contributed by atoms with E-state index >= 15 is 0 Å². The fourth-order valence-corrected chi connectivity index (χ4v) is 5.80. The zero-order valence-electron chi connectivity index (χ0n) is 21.4. The lowest BCUT2D eigenvalue weighted by Gasteiger charge is -2.26. The Labute approximate surface area is 242 Å². The van der Waals surface area contributed by atoms with Gasteiger partial charge in [-0.1, -0.05) is 35.3 Å². The number of primary amides is 1. The van der Waals surface area contributed by atoms with Crippen molar-refractivity contribution >= 4 is 50.7 Å². The molecule has 1 heterocycles. The van der Waals surface area contributed by atoms with Crippen LogP contribution in [0.25, 0.3) is 0 Å². The number of para-hydroxylation sites is 2. The van der Waals surface area contributed by atoms with Gasteiger partial charge in [-0.2, -0.15) is 0 Å². The number of ether oxygens (including phenoxy) is 2. The molecule has 1 aliphatic rings. The van der Waals surface area contributed by atoms with E-state index in [1.807, 2.05) is 0 Å². The molecule has 3 aromatic carbocycles. The topological polar surface area (TPSA) is 140 Å². The van der Waals surface area contributed by atoms with Crippen LogP contribution >= 0.6 is 23.2 Å². The average Bonchev–Trinajstić information content (AvgIpc) is 2.91. The van der Waals surface area contributed by atoms with Gasteiger partial charge in [0.15, 0.2) is 5.75 Å². The third kappa shape index (κ3) is 7.86. The molecule has 212 valence electrons. The van der Waals surface area contributed by atoms with E-state index in [2.05, 4.69) is 14.9 Å². The maximum absolute atomic E-state index is 13.5. The van der Waals surface area contributed by atoms with Gasteiger partial charge in [0.25, 0.3) is 10.0 Å². The number of nitrogens with one attached hydrogen (secondary N) is 2. The molecule has 1 aliphatic heterocycles. The molecule has 1 saturated heterocycles. The molecule has 0 radical (unpaired) electrons. The summed E-state index contributed by atoms with van der Waals surface area (Å²) in [4.78, 5) is 26.5. The second kappa shape index (κ2) is 13.3. The standard InChI is InChI=1S/C27H28Cl2N4O6S/c28-20-6-7-23(21(29)17-20)39-24-4-2-1-3-22(24)32-40(36,37)25-8-5-18(27(30)35)15-19(25)16-26(34)31-9-10-33-11-13-38-14-12-33/h1-8,15,17,32H,9-14,16H2,(H2,30,35)(H,31,34). The Hall–Kier alpha value is -3.35. The summed E-state index contributed by atoms with van der Waals surface area (Å²) in [6.45, 7) is 3.86. The van der Waals surface area contributed by atoms with Gasteiger partial charge in [0.2, 0.25) is 11.8 Å². The third-order valence-electron chi connectivity index (χ3n) is 6.08. The first-order valence-electron chi connectivity index (χ1n) is 12.4. The Morgan fingerprint density at radius 2 is 1.75 bits per heavy atom. The van der Waals surface area contributed by atoms with Crippen LogP contribution in [0.4, 0.5) is 5.69 Å². The van der Waals surface area contributed by atoms with Gasteiger partial charge in [-0.3, -0.25) is 19.2 Å². The Balaban J connectivity index is 1.54. The maximum Gasteiger partial charge on any atom is 0.262 e. The summed E-state index contributed by atoms with van der Waals surface area (Å²) in [5.74, 6) is -0.679. The van der Waals surface area contributed by atoms with Gasteiger partial charge in [-0.25, -0.2) is 8.42 Å². The second-order valence-corrected chi connectivity index (χ2v) is 11.4. The lowest BCUT2D eigenvalue weighted by molar-refractivity contribution is -0.120. The number of hydrogen-bond acceptors (Lipinski definition) is 7. The van der Waals surface area contributed by atoms with Crippen LogP contribution in [0, 0.1) is 0 Å². The number of morpholine rings is 1. The van der Waals surface area contributed by atoms with Crippen molar-refractivity contribution in [3.63, 3.8) is 0 Å². The normalized spacial score (nSPS) is 13.9. The van der Waals surface area contributed by atoms with E-state index in [1.165, 1.54) is 30.3 Å². The smallest absolute Gasteiger partial charge is 0.262 e. The first-order valence-corrected chi connectivity index (χ1v) is 14.6. The number of sulfonamides is 1. The summed E-state index contributed by atoms with van der Waals surface area (Å²) >= 11 is 12.2. The summed E-state index contributed by atoms with van der Waals surface area (Å²) in [5, 5.41) is 3.47. The molecule has 2 amide bonds. The largest absolute Gasteiger partial charge is 0.454 e. The number of carbonyl (C=O) groups excluding carboxylic acids is 2. The van der Waals surface area contributed by atoms with Crippen LogP contribution in [0.15, 0.2) is 65.6 Å². The molecule has 40 heavy (non-hydrogen) atoms. The van der Waals surface area contributed by atoms with E-state index in [0.29, 0.717) is 31.3 Å². The molecular formula is C27H28Cl2N4O6S. The molecule has 0 spiro atoms. The molecular weight excluding hydrogens is 579 g/mol. The van der Waals surface area contributed by atoms with Crippen LogP contribution in [0.1, 0.15) is 15.9 Å². The number of benzene rings is 3. The highest BCUT2D eigenvalue weighted by atomic mass is 35.5. The van der Waals surface area contributed by atoms with Crippen LogP contribution in [0.5, 0.6) is 11.5 Å². The minimum atomic E-state index is -4.24. The summed E-state index contributed by atoms with van der Waals surface area (Å²) in [7, 11) is -4.24. The molecule has 0 bridgehead atoms. The number of amides is 2. The van der Waals surface area contributed by atoms with Crippen LogP contribution < -0.4 is 20.5 Å². The maximum atomic E-state index is 13.5. The monoisotopic (exact) mass is 606 g/mol. The highest BCUT2D eigenvalue weighted by Crippen LogP contribution is 2.36. The van der Waals surface area contributed by atoms with E-state index in [-0.39, 0.29) is 44.7 Å². The Morgan fingerprint density at radius 3 is 2.48 bits per heavy atom. The number of rotatable bonds is 11. The van der Waals surface area contributed by atoms with Crippen LogP contribution in [-0.4, -0.2) is 64.5 Å². The van der Waals surface area contributed by atoms with Gasteiger partial charge in [-0.15, -0.1) is 0 Å². The van der Waals surface area contributed by atoms with E-state index in [0.717, 1.165) is 13.1 Å². The van der Waals surface area contributed by atoms with Crippen LogP contribution in [0.2, 0.25) is 10.0 Å². The molecule has 13 heteroatoms. The zero-order chi connectivity index (χ0) is 28.7. The third-order valence-corrected chi connectivity index (χ3v) is 8.08. The summed E-state index contributed by atoms with van der Waals surface area (Å²) in [5.41, 5.74) is 5.75. The fourth-order valence-electron chi connectivity index (χ4n) is 4.06. The van der Waals surface area contributed by atoms with Crippen molar-refractivity contribution in [3.8, 4) is 11.5 Å². The van der Waals surface area contributed by atoms with Crippen molar-refractivity contribution in [2.45, 2.75) is 11.3 Å². The van der Waals surface area contributed by atoms with Crippen LogP contribution in [-0.2, 0) is 26.0 Å². The predicted molar refractivity (Wildman–Crippen MR) is 153 cm³/mol. The lowest BCUT2D eigenvalue weighted by Crippen LogP contribution is -2.41. The molecule has 10 nitrogen and oxygen atoms in total. The van der Waals surface area contributed by atoms with Gasteiger partial charge < -0.3 is 20.5 Å². The number of nitrogens with two attached hydrogens (primary N) is 1. The Bertz CT molecular complexity index is 1500. The van der Waals surface area contributed by atoms with Crippen LogP contribution in [0.3, 0.4) is 0 Å². The van der Waals surface area contributed by atoms with Gasteiger partial charge in [0, 0.05) is 36.8 Å². The lowest BCUT2D eigenvalue weighted by atomic mass is 10.1. The molecule has 1 fully saturated rings. The van der Waals surface area contributed by atoms with Crippen molar-refractivity contribution < 1.29 is 27.5 Å². The molecule has 3 aromatic rings. The Morgan fingerprint density at radius 1 is 1.00 bits per heavy atom. The van der Waals surface area contributed by atoms with Gasteiger partial charge >= 0.3 is 0 Å². The zero-order valence-corrected chi connectivity index (χ0v) is 23.7. The molecule has 0 atom stereocenters. The summed E-state index contributed by atoms with van der Waals surface area (Å²) in [6.07, 6.45) is -0.279. The second-order valence-electron chi connectivity index (χ2n) is 8.95. The molecule has 0 saturated carbocycles. The highest BCUT2D eigenvalue weighted by molar-refractivity contribution is 7.92. The Kier molecular flexibility index (Phi) is 9.88. The van der Waals surface area contributed by atoms with Crippen molar-refractivity contribution in [1.82, 2.24) is 10.2 Å². The number of hydrogen-bond donors (Lipinski definition) is 3. The minimum Gasteiger partial charge on any atom is -0.454 e. The molecule has 4 rings (SSSR count). The summed E-state index contributed by atoms with van der Waals surface area (Å²) in [6, 6.07) is 14.9. The summed E-state index contributed by atoms with van der Waals surface area (Å²) < 4.78 is 40.8. The quantitative estimate of drug-likeness (QED) is 0.302. The molecule has 0 aliphatic carbocycles. The predicted octanol–water partition coefficient (Wildman–Crippen LogP) is 3.68. The highest BCUT2D eigenvalue weighted by Gasteiger charge is 2.23. The fraction of sp³-hybridized carbons (Fsp3) is 0.259. The van der Waals surface area contributed by atoms with Gasteiger partial charge in [0.1, 0.15) is 5.75 Å². The van der Waals surface area contributed by atoms with E-state index in [1.54, 1.807) is 30.3 Å². The first-order chi connectivity index (χ1) is 19.1. The van der Waals surface area contributed by atoms with Crippen molar-refractivity contribution in [1.29, 1.82) is 0 Å².